The largest absolute Gasteiger partial charge is 0.351 e. The summed E-state index contributed by atoms with van der Waals surface area (Å²) in [5.41, 5.74) is 1.79. The van der Waals surface area contributed by atoms with Gasteiger partial charge in [0, 0.05) is 22.2 Å². The number of rotatable bonds is 4. The van der Waals surface area contributed by atoms with Crippen molar-refractivity contribution in [3.05, 3.63) is 32.9 Å². The van der Waals surface area contributed by atoms with Gasteiger partial charge in [-0.1, -0.05) is 6.07 Å². The monoisotopic (exact) mass is 332 g/mol. The first kappa shape index (κ1) is 13.4. The van der Waals surface area contributed by atoms with Crippen molar-refractivity contribution >= 4 is 28.5 Å². The highest BCUT2D eigenvalue weighted by atomic mass is 127. The number of amides is 1. The van der Waals surface area contributed by atoms with E-state index in [0.717, 1.165) is 21.2 Å². The van der Waals surface area contributed by atoms with E-state index < -0.39 is 0 Å². The van der Waals surface area contributed by atoms with Gasteiger partial charge in [0.15, 0.2) is 0 Å². The van der Waals surface area contributed by atoms with Gasteiger partial charge < -0.3 is 10.2 Å². The summed E-state index contributed by atoms with van der Waals surface area (Å²) in [4.78, 5) is 13.9. The molecule has 1 aromatic carbocycles. The molecule has 3 nitrogen and oxygen atoms in total. The average molecular weight is 332 g/mol. The Morgan fingerprint density at radius 3 is 2.75 bits per heavy atom. The number of hydrogen-bond donors (Lipinski definition) is 1. The van der Waals surface area contributed by atoms with E-state index in [-0.39, 0.29) is 5.91 Å². The fourth-order valence-corrected chi connectivity index (χ4v) is 1.82. The number of hydrogen-bond acceptors (Lipinski definition) is 2. The number of nitrogens with one attached hydrogen (secondary N) is 1. The molecule has 0 aliphatic carbocycles. The van der Waals surface area contributed by atoms with E-state index in [1.165, 1.54) is 0 Å². The van der Waals surface area contributed by atoms with Crippen molar-refractivity contribution < 1.29 is 4.79 Å². The topological polar surface area (TPSA) is 32.3 Å². The standard InChI is InChI=1S/C12H17IN2O/c1-9-4-5-10(13)8-11(9)12(16)14-6-7-15(2)3/h4-5,8H,6-7H2,1-3H3,(H,14,16). The van der Waals surface area contributed by atoms with Gasteiger partial charge in [0.2, 0.25) is 0 Å². The van der Waals surface area contributed by atoms with Crippen LogP contribution in [0, 0.1) is 10.5 Å². The van der Waals surface area contributed by atoms with Gasteiger partial charge in [0.05, 0.1) is 0 Å². The Balaban J connectivity index is 2.62. The molecule has 4 heteroatoms. The lowest BCUT2D eigenvalue weighted by molar-refractivity contribution is 0.0950. The van der Waals surface area contributed by atoms with E-state index in [2.05, 4.69) is 27.9 Å². The van der Waals surface area contributed by atoms with E-state index in [1.807, 2.05) is 44.1 Å². The van der Waals surface area contributed by atoms with Crippen LogP contribution in [0.15, 0.2) is 18.2 Å². The number of halogens is 1. The van der Waals surface area contributed by atoms with Crippen LogP contribution in [0.5, 0.6) is 0 Å². The predicted octanol–water partition coefficient (Wildman–Crippen LogP) is 1.89. The first-order valence-electron chi connectivity index (χ1n) is 5.20. The van der Waals surface area contributed by atoms with E-state index in [9.17, 15) is 4.79 Å². The van der Waals surface area contributed by atoms with Gasteiger partial charge in [0.25, 0.3) is 5.91 Å². The Morgan fingerprint density at radius 1 is 1.44 bits per heavy atom. The Kier molecular flexibility index (Phi) is 5.21. The second kappa shape index (κ2) is 6.20. The lowest BCUT2D eigenvalue weighted by atomic mass is 10.1. The summed E-state index contributed by atoms with van der Waals surface area (Å²) < 4.78 is 1.08. The van der Waals surface area contributed by atoms with Crippen LogP contribution in [0.1, 0.15) is 15.9 Å². The lowest BCUT2D eigenvalue weighted by Gasteiger charge is -2.11. The third-order valence-corrected chi connectivity index (χ3v) is 2.96. The van der Waals surface area contributed by atoms with Gasteiger partial charge in [-0.3, -0.25) is 4.79 Å². The molecule has 0 fully saturated rings. The van der Waals surface area contributed by atoms with Crippen LogP contribution in [0.4, 0.5) is 0 Å². The number of nitrogens with zero attached hydrogens (tertiary/aromatic N) is 1. The summed E-state index contributed by atoms with van der Waals surface area (Å²) in [5, 5.41) is 2.91. The average Bonchev–Trinajstić information content (AvgIpc) is 2.21. The predicted molar refractivity (Wildman–Crippen MR) is 74.8 cm³/mol. The molecule has 1 amide bonds. The molecule has 16 heavy (non-hydrogen) atoms. The lowest BCUT2D eigenvalue weighted by Crippen LogP contribution is -2.31. The molecule has 0 atom stereocenters. The second-order valence-electron chi connectivity index (χ2n) is 4.02. The molecule has 1 N–H and O–H groups in total. The van der Waals surface area contributed by atoms with Crippen molar-refractivity contribution in [3.63, 3.8) is 0 Å². The maximum atomic E-state index is 11.9. The zero-order chi connectivity index (χ0) is 12.1. The van der Waals surface area contributed by atoms with Gasteiger partial charge in [-0.25, -0.2) is 0 Å². The van der Waals surface area contributed by atoms with E-state index in [1.54, 1.807) is 0 Å². The number of benzene rings is 1. The number of likely N-dealkylation sites (N-methyl/N-ethyl adjacent to an activating group) is 1. The van der Waals surface area contributed by atoms with Crippen molar-refractivity contribution in [2.75, 3.05) is 27.2 Å². The summed E-state index contributed by atoms with van der Waals surface area (Å²) in [6.45, 7) is 3.49. The smallest absolute Gasteiger partial charge is 0.251 e. The van der Waals surface area contributed by atoms with Gasteiger partial charge in [0.1, 0.15) is 0 Å². The first-order valence-corrected chi connectivity index (χ1v) is 6.27. The zero-order valence-electron chi connectivity index (χ0n) is 9.88. The molecule has 0 saturated carbocycles. The summed E-state index contributed by atoms with van der Waals surface area (Å²) in [6.07, 6.45) is 0. The molecule has 0 unspecified atom stereocenters. The fourth-order valence-electron chi connectivity index (χ4n) is 1.33. The van der Waals surface area contributed by atoms with Crippen LogP contribution in [0.2, 0.25) is 0 Å². The first-order chi connectivity index (χ1) is 7.50. The van der Waals surface area contributed by atoms with Gasteiger partial charge in [-0.05, 0) is 61.3 Å². The molecule has 0 heterocycles. The van der Waals surface area contributed by atoms with E-state index in [4.69, 9.17) is 0 Å². The minimum atomic E-state index is 0.0119. The third-order valence-electron chi connectivity index (χ3n) is 2.29. The number of carbonyl (C=O) groups is 1. The number of carbonyl (C=O) groups excluding carboxylic acids is 1. The molecule has 0 bridgehead atoms. The van der Waals surface area contributed by atoms with Crippen LogP contribution in [0.25, 0.3) is 0 Å². The molecule has 0 saturated heterocycles. The Bertz CT molecular complexity index is 377. The van der Waals surface area contributed by atoms with Crippen LogP contribution in [-0.2, 0) is 0 Å². The van der Waals surface area contributed by atoms with Crippen LogP contribution in [-0.4, -0.2) is 38.0 Å². The van der Waals surface area contributed by atoms with Gasteiger partial charge in [-0.2, -0.15) is 0 Å². The summed E-state index contributed by atoms with van der Waals surface area (Å²) in [5.74, 6) is 0.0119. The molecule has 0 aromatic heterocycles. The highest BCUT2D eigenvalue weighted by Crippen LogP contribution is 2.12. The van der Waals surface area contributed by atoms with Crippen molar-refractivity contribution in [3.8, 4) is 0 Å². The second-order valence-corrected chi connectivity index (χ2v) is 5.26. The minimum absolute atomic E-state index is 0.0119. The van der Waals surface area contributed by atoms with E-state index >= 15 is 0 Å². The third kappa shape index (κ3) is 4.09. The molecular weight excluding hydrogens is 315 g/mol. The van der Waals surface area contributed by atoms with Gasteiger partial charge >= 0.3 is 0 Å². The molecule has 1 aromatic rings. The molecule has 0 radical (unpaired) electrons. The minimum Gasteiger partial charge on any atom is -0.351 e. The summed E-state index contributed by atoms with van der Waals surface area (Å²) >= 11 is 2.22. The zero-order valence-corrected chi connectivity index (χ0v) is 12.0. The molecule has 0 aliphatic rings. The van der Waals surface area contributed by atoms with Crippen molar-refractivity contribution in [2.45, 2.75) is 6.92 Å². The normalized spacial score (nSPS) is 10.6. The molecule has 1 rings (SSSR count). The van der Waals surface area contributed by atoms with Crippen LogP contribution in [0.3, 0.4) is 0 Å². The SMILES string of the molecule is Cc1ccc(I)cc1C(=O)NCCN(C)C. The van der Waals surface area contributed by atoms with Crippen molar-refractivity contribution in [2.24, 2.45) is 0 Å². The maximum Gasteiger partial charge on any atom is 0.251 e. The highest BCUT2D eigenvalue weighted by Gasteiger charge is 2.08. The molecule has 0 spiro atoms. The Labute approximate surface area is 110 Å². The molecular formula is C12H17IN2O. The quantitative estimate of drug-likeness (QED) is 0.854. The van der Waals surface area contributed by atoms with Gasteiger partial charge in [-0.15, -0.1) is 0 Å². The Hall–Kier alpha value is -0.620. The maximum absolute atomic E-state index is 11.9. The highest BCUT2D eigenvalue weighted by molar-refractivity contribution is 14.1. The molecule has 88 valence electrons. The van der Waals surface area contributed by atoms with Crippen molar-refractivity contribution in [1.82, 2.24) is 10.2 Å². The summed E-state index contributed by atoms with van der Waals surface area (Å²) in [7, 11) is 3.98. The van der Waals surface area contributed by atoms with Crippen LogP contribution >= 0.6 is 22.6 Å². The Morgan fingerprint density at radius 2 is 2.12 bits per heavy atom. The van der Waals surface area contributed by atoms with Crippen molar-refractivity contribution in [1.29, 1.82) is 0 Å². The van der Waals surface area contributed by atoms with E-state index in [0.29, 0.717) is 6.54 Å². The number of aryl methyl sites for hydroxylation is 1. The van der Waals surface area contributed by atoms with Crippen LogP contribution < -0.4 is 5.32 Å². The fraction of sp³-hybridized carbons (Fsp3) is 0.417. The summed E-state index contributed by atoms with van der Waals surface area (Å²) in [6, 6.07) is 5.90. The molecule has 0 aliphatic heterocycles.